The van der Waals surface area contributed by atoms with Crippen LogP contribution in [-0.4, -0.2) is 18.8 Å². The van der Waals surface area contributed by atoms with E-state index in [1.165, 1.54) is 12.1 Å². The van der Waals surface area contributed by atoms with Gasteiger partial charge in [0.1, 0.15) is 0 Å². The van der Waals surface area contributed by atoms with E-state index in [4.69, 9.17) is 5.73 Å². The van der Waals surface area contributed by atoms with E-state index in [0.29, 0.717) is 18.5 Å². The Kier molecular flexibility index (Phi) is 3.55. The minimum Gasteiger partial charge on any atom is -0.404 e. The number of piperidine rings is 1. The van der Waals surface area contributed by atoms with E-state index < -0.39 is 12.1 Å². The summed E-state index contributed by atoms with van der Waals surface area (Å²) in [5.41, 5.74) is 6.00. The van der Waals surface area contributed by atoms with Gasteiger partial charge in [0.2, 0.25) is 5.91 Å². The second kappa shape index (κ2) is 4.99. The van der Waals surface area contributed by atoms with Crippen LogP contribution in [0.15, 0.2) is 18.2 Å². The zero-order chi connectivity index (χ0) is 14.0. The lowest BCUT2D eigenvalue weighted by molar-refractivity contribution is -0.274. The molecule has 1 amide bonds. The molecule has 7 heteroatoms. The number of amides is 1. The standard InChI is InChI=1S/C12H13F3N2O2/c13-12(14,15)19-10-5-7(1-2-9(10)16)8-3-4-17-11(18)6-8/h1-2,5,8H,3-4,6,16H2,(H,17,18). The zero-order valence-electron chi connectivity index (χ0n) is 9.96. The van der Waals surface area contributed by atoms with Gasteiger partial charge in [0.15, 0.2) is 5.75 Å². The Morgan fingerprint density at radius 1 is 1.37 bits per heavy atom. The van der Waals surface area contributed by atoms with E-state index >= 15 is 0 Å². The van der Waals surface area contributed by atoms with Crippen molar-refractivity contribution in [3.05, 3.63) is 23.8 Å². The molecular formula is C12H13F3N2O2. The monoisotopic (exact) mass is 274 g/mol. The fourth-order valence-electron chi connectivity index (χ4n) is 2.09. The van der Waals surface area contributed by atoms with Crippen molar-refractivity contribution in [1.29, 1.82) is 0 Å². The Bertz CT molecular complexity index is 488. The van der Waals surface area contributed by atoms with Crippen LogP contribution in [0.3, 0.4) is 0 Å². The number of rotatable bonds is 2. The number of anilines is 1. The van der Waals surface area contributed by atoms with Crippen molar-refractivity contribution in [2.24, 2.45) is 0 Å². The number of alkyl halides is 3. The molecule has 0 aromatic heterocycles. The molecule has 0 aliphatic carbocycles. The summed E-state index contributed by atoms with van der Waals surface area (Å²) in [6.45, 7) is 0.517. The number of hydrogen-bond acceptors (Lipinski definition) is 3. The number of carbonyl (C=O) groups excluding carboxylic acids is 1. The van der Waals surface area contributed by atoms with Gasteiger partial charge in [-0.2, -0.15) is 0 Å². The highest BCUT2D eigenvalue weighted by atomic mass is 19.4. The molecule has 0 spiro atoms. The quantitative estimate of drug-likeness (QED) is 0.812. The van der Waals surface area contributed by atoms with Crippen molar-refractivity contribution in [2.75, 3.05) is 12.3 Å². The number of ether oxygens (including phenoxy) is 1. The topological polar surface area (TPSA) is 64.3 Å². The first kappa shape index (κ1) is 13.5. The third kappa shape index (κ3) is 3.52. The van der Waals surface area contributed by atoms with E-state index in [9.17, 15) is 18.0 Å². The third-order valence-electron chi connectivity index (χ3n) is 2.98. The van der Waals surface area contributed by atoms with Crippen LogP contribution in [0.25, 0.3) is 0 Å². The van der Waals surface area contributed by atoms with E-state index in [1.807, 2.05) is 0 Å². The minimum absolute atomic E-state index is 0.0821. The number of carbonyl (C=O) groups is 1. The lowest BCUT2D eigenvalue weighted by Gasteiger charge is -2.23. The molecular weight excluding hydrogens is 261 g/mol. The van der Waals surface area contributed by atoms with Crippen molar-refractivity contribution in [3.8, 4) is 5.75 Å². The van der Waals surface area contributed by atoms with Crippen LogP contribution in [0.2, 0.25) is 0 Å². The van der Waals surface area contributed by atoms with Crippen LogP contribution in [0.1, 0.15) is 24.3 Å². The summed E-state index contributed by atoms with van der Waals surface area (Å²) in [5.74, 6) is -0.632. The Morgan fingerprint density at radius 3 is 2.74 bits per heavy atom. The molecule has 1 atom stereocenters. The fourth-order valence-corrected chi connectivity index (χ4v) is 2.09. The van der Waals surface area contributed by atoms with Gasteiger partial charge in [-0.3, -0.25) is 4.79 Å². The van der Waals surface area contributed by atoms with Crippen LogP contribution in [0.4, 0.5) is 18.9 Å². The zero-order valence-corrected chi connectivity index (χ0v) is 9.96. The van der Waals surface area contributed by atoms with E-state index in [2.05, 4.69) is 10.1 Å². The van der Waals surface area contributed by atoms with Crippen LogP contribution >= 0.6 is 0 Å². The molecule has 2 rings (SSSR count). The number of halogens is 3. The van der Waals surface area contributed by atoms with Gasteiger partial charge in [-0.15, -0.1) is 13.2 Å². The Balaban J connectivity index is 2.22. The molecule has 1 heterocycles. The van der Waals surface area contributed by atoms with Crippen LogP contribution in [0, 0.1) is 0 Å². The smallest absolute Gasteiger partial charge is 0.404 e. The number of nitrogens with two attached hydrogens (primary N) is 1. The molecule has 19 heavy (non-hydrogen) atoms. The molecule has 0 saturated carbocycles. The number of nitrogen functional groups attached to an aromatic ring is 1. The van der Waals surface area contributed by atoms with Crippen LogP contribution in [-0.2, 0) is 4.79 Å². The first-order valence-electron chi connectivity index (χ1n) is 5.77. The van der Waals surface area contributed by atoms with Gasteiger partial charge in [0.05, 0.1) is 5.69 Å². The Morgan fingerprint density at radius 2 is 2.11 bits per heavy atom. The molecule has 0 radical (unpaired) electrons. The van der Waals surface area contributed by atoms with E-state index in [-0.39, 0.29) is 23.9 Å². The number of benzene rings is 1. The molecule has 4 nitrogen and oxygen atoms in total. The fraction of sp³-hybridized carbons (Fsp3) is 0.417. The summed E-state index contributed by atoms with van der Waals surface area (Å²) in [6, 6.07) is 4.25. The molecule has 1 saturated heterocycles. The molecule has 0 bridgehead atoms. The summed E-state index contributed by atoms with van der Waals surface area (Å²) < 4.78 is 40.5. The van der Waals surface area contributed by atoms with Gasteiger partial charge in [-0.1, -0.05) is 6.07 Å². The molecule has 104 valence electrons. The minimum atomic E-state index is -4.78. The highest BCUT2D eigenvalue weighted by Gasteiger charge is 2.32. The maximum absolute atomic E-state index is 12.2. The summed E-state index contributed by atoms with van der Waals surface area (Å²) >= 11 is 0. The Labute approximate surface area is 107 Å². The summed E-state index contributed by atoms with van der Waals surface area (Å²) in [7, 11) is 0. The molecule has 3 N–H and O–H groups in total. The molecule has 1 aliphatic heterocycles. The predicted octanol–water partition coefficient (Wildman–Crippen LogP) is 2.16. The van der Waals surface area contributed by atoms with Crippen molar-refractivity contribution in [1.82, 2.24) is 5.32 Å². The molecule has 1 aromatic rings. The normalized spacial score (nSPS) is 19.9. The highest BCUT2D eigenvalue weighted by molar-refractivity contribution is 5.77. The van der Waals surface area contributed by atoms with Gasteiger partial charge in [-0.05, 0) is 30.0 Å². The average molecular weight is 274 g/mol. The predicted molar refractivity (Wildman–Crippen MR) is 62.5 cm³/mol. The van der Waals surface area contributed by atoms with E-state index in [1.54, 1.807) is 6.07 Å². The van der Waals surface area contributed by atoms with Crippen molar-refractivity contribution >= 4 is 11.6 Å². The maximum Gasteiger partial charge on any atom is 0.573 e. The van der Waals surface area contributed by atoms with Gasteiger partial charge >= 0.3 is 6.36 Å². The van der Waals surface area contributed by atoms with Crippen LogP contribution in [0.5, 0.6) is 5.75 Å². The maximum atomic E-state index is 12.2. The lowest BCUT2D eigenvalue weighted by atomic mass is 9.89. The van der Waals surface area contributed by atoms with Crippen molar-refractivity contribution in [2.45, 2.75) is 25.1 Å². The third-order valence-corrected chi connectivity index (χ3v) is 2.98. The van der Waals surface area contributed by atoms with Gasteiger partial charge in [0.25, 0.3) is 0 Å². The molecule has 1 aromatic carbocycles. The first-order valence-corrected chi connectivity index (χ1v) is 5.77. The van der Waals surface area contributed by atoms with Crippen molar-refractivity contribution in [3.63, 3.8) is 0 Å². The highest BCUT2D eigenvalue weighted by Crippen LogP contribution is 2.34. The van der Waals surface area contributed by atoms with Crippen LogP contribution < -0.4 is 15.8 Å². The molecule has 1 fully saturated rings. The second-order valence-electron chi connectivity index (χ2n) is 4.38. The van der Waals surface area contributed by atoms with Crippen molar-refractivity contribution < 1.29 is 22.7 Å². The lowest BCUT2D eigenvalue weighted by Crippen LogP contribution is -2.32. The Hall–Kier alpha value is -1.92. The van der Waals surface area contributed by atoms with Gasteiger partial charge in [-0.25, -0.2) is 0 Å². The largest absolute Gasteiger partial charge is 0.573 e. The number of nitrogens with one attached hydrogen (secondary N) is 1. The summed E-state index contributed by atoms with van der Waals surface area (Å²) in [4.78, 5) is 11.3. The second-order valence-corrected chi connectivity index (χ2v) is 4.38. The SMILES string of the molecule is Nc1ccc(C2CCNC(=O)C2)cc1OC(F)(F)F. The van der Waals surface area contributed by atoms with Gasteiger partial charge < -0.3 is 15.8 Å². The summed E-state index contributed by atoms with van der Waals surface area (Å²) in [6.07, 6.45) is -3.84. The summed E-state index contributed by atoms with van der Waals surface area (Å²) in [5, 5.41) is 2.67. The average Bonchev–Trinajstić information content (AvgIpc) is 2.30. The van der Waals surface area contributed by atoms with E-state index in [0.717, 1.165) is 0 Å². The molecule has 1 aliphatic rings. The first-order chi connectivity index (χ1) is 8.85. The van der Waals surface area contributed by atoms with Gasteiger partial charge in [0, 0.05) is 13.0 Å². The number of hydrogen-bond donors (Lipinski definition) is 2. The molecule has 1 unspecified atom stereocenters.